The van der Waals surface area contributed by atoms with Gasteiger partial charge in [0.05, 0.1) is 6.61 Å². The maximum Gasteiger partial charge on any atom is 0.0639 e. The van der Waals surface area contributed by atoms with E-state index in [0.29, 0.717) is 5.41 Å². The first-order chi connectivity index (χ1) is 7.58. The Labute approximate surface area is 99.3 Å². The maximum atomic E-state index is 8.96. The van der Waals surface area contributed by atoms with E-state index >= 15 is 0 Å². The number of aliphatic hydroxyl groups excluding tert-OH is 1. The summed E-state index contributed by atoms with van der Waals surface area (Å²) in [5, 5.41) is 8.96. The SMILES string of the molecule is C=C1[C@@H]2CC[C@H](C2)[C@@]1(C)CC/C=C(\C)CO. The first kappa shape index (κ1) is 11.9. The number of aliphatic hydroxyl groups is 1. The Morgan fingerprint density at radius 2 is 2.31 bits per heavy atom. The number of rotatable bonds is 4. The molecule has 0 aliphatic heterocycles. The first-order valence-electron chi connectivity index (χ1n) is 6.53. The van der Waals surface area contributed by atoms with Gasteiger partial charge < -0.3 is 5.11 Å². The lowest BCUT2D eigenvalue weighted by Gasteiger charge is -2.36. The van der Waals surface area contributed by atoms with Crippen LogP contribution >= 0.6 is 0 Å². The number of hydrogen-bond acceptors (Lipinski definition) is 1. The molecule has 1 nitrogen and oxygen atoms in total. The molecule has 0 saturated heterocycles. The number of hydrogen-bond donors (Lipinski definition) is 1. The molecule has 3 atom stereocenters. The Bertz CT molecular complexity index is 315. The highest BCUT2D eigenvalue weighted by Crippen LogP contribution is 2.60. The van der Waals surface area contributed by atoms with Gasteiger partial charge >= 0.3 is 0 Å². The summed E-state index contributed by atoms with van der Waals surface area (Å²) >= 11 is 0. The lowest BCUT2D eigenvalue weighted by molar-refractivity contribution is 0.240. The van der Waals surface area contributed by atoms with E-state index in [1.807, 2.05) is 6.92 Å². The summed E-state index contributed by atoms with van der Waals surface area (Å²) < 4.78 is 0. The van der Waals surface area contributed by atoms with Crippen molar-refractivity contribution in [1.29, 1.82) is 0 Å². The molecule has 0 spiro atoms. The minimum Gasteiger partial charge on any atom is -0.392 e. The minimum atomic E-state index is 0.198. The Hall–Kier alpha value is -0.560. The van der Waals surface area contributed by atoms with Gasteiger partial charge in [0.2, 0.25) is 0 Å². The zero-order valence-electron chi connectivity index (χ0n) is 10.6. The summed E-state index contributed by atoms with van der Waals surface area (Å²) in [6.07, 6.45) is 8.66. The van der Waals surface area contributed by atoms with E-state index < -0.39 is 0 Å². The number of fused-ring (bicyclic) bond motifs is 2. The zero-order chi connectivity index (χ0) is 11.8. The Morgan fingerprint density at radius 1 is 1.56 bits per heavy atom. The molecule has 0 heterocycles. The third-order valence-corrected chi connectivity index (χ3v) is 4.97. The lowest BCUT2D eigenvalue weighted by atomic mass is 9.69. The second-order valence-electron chi connectivity index (χ2n) is 5.90. The highest BCUT2D eigenvalue weighted by molar-refractivity contribution is 5.24. The van der Waals surface area contributed by atoms with Crippen LogP contribution in [0.15, 0.2) is 23.8 Å². The standard InChI is InChI=1S/C15H24O/c1-11(10-16)5-4-8-15(3)12(2)13-6-7-14(15)9-13/h5,13-14,16H,2,4,6-10H2,1,3H3/b11-5+/t13-,14-,15+/m1/s1. The van der Waals surface area contributed by atoms with Crippen molar-refractivity contribution in [3.63, 3.8) is 0 Å². The second-order valence-corrected chi connectivity index (χ2v) is 5.90. The van der Waals surface area contributed by atoms with E-state index in [0.717, 1.165) is 23.8 Å². The fraction of sp³-hybridized carbons (Fsp3) is 0.733. The molecule has 0 amide bonds. The van der Waals surface area contributed by atoms with Crippen LogP contribution < -0.4 is 0 Å². The summed E-state index contributed by atoms with van der Waals surface area (Å²) in [5.41, 5.74) is 2.99. The molecular formula is C15H24O. The highest BCUT2D eigenvalue weighted by Gasteiger charge is 2.49. The molecule has 2 fully saturated rings. The van der Waals surface area contributed by atoms with Gasteiger partial charge in [-0.2, -0.15) is 0 Å². The van der Waals surface area contributed by atoms with Crippen LogP contribution in [0, 0.1) is 17.3 Å². The van der Waals surface area contributed by atoms with E-state index in [4.69, 9.17) is 5.11 Å². The molecule has 0 aromatic carbocycles. The quantitative estimate of drug-likeness (QED) is 0.716. The van der Waals surface area contributed by atoms with Gasteiger partial charge in [-0.15, -0.1) is 0 Å². The van der Waals surface area contributed by atoms with E-state index in [2.05, 4.69) is 19.6 Å². The molecule has 2 saturated carbocycles. The minimum absolute atomic E-state index is 0.198. The molecule has 0 radical (unpaired) electrons. The average Bonchev–Trinajstić information content (AvgIpc) is 2.83. The van der Waals surface area contributed by atoms with Crippen LogP contribution in [0.4, 0.5) is 0 Å². The van der Waals surface area contributed by atoms with Crippen molar-refractivity contribution in [1.82, 2.24) is 0 Å². The van der Waals surface area contributed by atoms with Crippen LogP contribution in [-0.2, 0) is 0 Å². The van der Waals surface area contributed by atoms with E-state index in [1.165, 1.54) is 31.3 Å². The zero-order valence-corrected chi connectivity index (χ0v) is 10.6. The van der Waals surface area contributed by atoms with Crippen molar-refractivity contribution in [3.8, 4) is 0 Å². The van der Waals surface area contributed by atoms with Gasteiger partial charge in [0.15, 0.2) is 0 Å². The predicted molar refractivity (Wildman–Crippen MR) is 68.2 cm³/mol. The highest BCUT2D eigenvalue weighted by atomic mass is 16.3. The van der Waals surface area contributed by atoms with Crippen LogP contribution in [0.5, 0.6) is 0 Å². The molecule has 90 valence electrons. The maximum absolute atomic E-state index is 8.96. The summed E-state index contributed by atoms with van der Waals surface area (Å²) in [6.45, 7) is 8.94. The van der Waals surface area contributed by atoms with Crippen LogP contribution in [0.1, 0.15) is 46.0 Å². The first-order valence-corrected chi connectivity index (χ1v) is 6.53. The monoisotopic (exact) mass is 220 g/mol. The molecule has 2 rings (SSSR count). The van der Waals surface area contributed by atoms with E-state index in [9.17, 15) is 0 Å². The summed E-state index contributed by atoms with van der Waals surface area (Å²) in [7, 11) is 0. The Balaban J connectivity index is 1.96. The molecule has 2 aliphatic carbocycles. The van der Waals surface area contributed by atoms with Gasteiger partial charge in [0.1, 0.15) is 0 Å². The summed E-state index contributed by atoms with van der Waals surface area (Å²) in [5.74, 6) is 1.70. The van der Waals surface area contributed by atoms with Crippen LogP contribution in [0.25, 0.3) is 0 Å². The van der Waals surface area contributed by atoms with Gasteiger partial charge in [-0.05, 0) is 56.3 Å². The van der Waals surface area contributed by atoms with E-state index in [-0.39, 0.29) is 6.61 Å². The van der Waals surface area contributed by atoms with Crippen molar-refractivity contribution in [2.45, 2.75) is 46.0 Å². The Morgan fingerprint density at radius 3 is 2.88 bits per heavy atom. The third-order valence-electron chi connectivity index (χ3n) is 4.97. The molecule has 2 aliphatic rings. The molecule has 0 aromatic heterocycles. The number of allylic oxidation sites excluding steroid dienone is 2. The average molecular weight is 220 g/mol. The van der Waals surface area contributed by atoms with Crippen LogP contribution in [0.3, 0.4) is 0 Å². The van der Waals surface area contributed by atoms with Gasteiger partial charge in [0.25, 0.3) is 0 Å². The van der Waals surface area contributed by atoms with Crippen molar-refractivity contribution in [2.75, 3.05) is 6.61 Å². The molecule has 0 unspecified atom stereocenters. The second kappa shape index (κ2) is 4.37. The lowest BCUT2D eigenvalue weighted by Crippen LogP contribution is -2.26. The van der Waals surface area contributed by atoms with Crippen LogP contribution in [0.2, 0.25) is 0 Å². The summed E-state index contributed by atoms with van der Waals surface area (Å²) in [6, 6.07) is 0. The molecule has 2 bridgehead atoms. The van der Waals surface area contributed by atoms with Gasteiger partial charge in [-0.25, -0.2) is 0 Å². The van der Waals surface area contributed by atoms with E-state index in [1.54, 1.807) is 0 Å². The molecule has 0 aromatic rings. The molecule has 16 heavy (non-hydrogen) atoms. The van der Waals surface area contributed by atoms with Crippen molar-refractivity contribution in [3.05, 3.63) is 23.8 Å². The van der Waals surface area contributed by atoms with Crippen molar-refractivity contribution >= 4 is 0 Å². The van der Waals surface area contributed by atoms with Crippen molar-refractivity contribution < 1.29 is 5.11 Å². The molecular weight excluding hydrogens is 196 g/mol. The Kier molecular flexibility index (Phi) is 3.25. The van der Waals surface area contributed by atoms with Crippen LogP contribution in [-0.4, -0.2) is 11.7 Å². The van der Waals surface area contributed by atoms with Crippen molar-refractivity contribution in [2.24, 2.45) is 17.3 Å². The fourth-order valence-electron chi connectivity index (χ4n) is 3.65. The summed E-state index contributed by atoms with van der Waals surface area (Å²) in [4.78, 5) is 0. The third kappa shape index (κ3) is 1.86. The van der Waals surface area contributed by atoms with Gasteiger partial charge in [0, 0.05) is 0 Å². The topological polar surface area (TPSA) is 20.2 Å². The van der Waals surface area contributed by atoms with Gasteiger partial charge in [-0.1, -0.05) is 30.7 Å². The van der Waals surface area contributed by atoms with Gasteiger partial charge in [-0.3, -0.25) is 0 Å². The largest absolute Gasteiger partial charge is 0.392 e. The predicted octanol–water partition coefficient (Wildman–Crippen LogP) is 3.70. The normalized spacial score (nSPS) is 38.4. The fourth-order valence-corrected chi connectivity index (χ4v) is 3.65. The molecule has 1 heteroatoms. The molecule has 1 N–H and O–H groups in total. The smallest absolute Gasteiger partial charge is 0.0639 e.